The standard InChI is InChI=1S/C36H69N5O7S2/c1-6-19-40(20-7-2)36(44)31-23-30(24-32(25-31)50(47,48)39(4)5)35(43)37-33(22-28-15-11-9-12-16-28)34(42)26-41(21-8-3)38-49(45,46)27-29-17-13-10-14-18-29/h28-34,38,42H,6-27H2,1-5H3,(H,37,43). The summed E-state index contributed by atoms with van der Waals surface area (Å²) in [5, 5.41) is 15.6. The molecule has 292 valence electrons. The number of carbonyl (C=O) groups excluding carboxylic acids is 2. The number of rotatable bonds is 20. The summed E-state index contributed by atoms with van der Waals surface area (Å²) >= 11 is 0. The van der Waals surface area contributed by atoms with Gasteiger partial charge in [-0.3, -0.25) is 9.59 Å². The van der Waals surface area contributed by atoms with Crippen molar-refractivity contribution in [2.45, 2.75) is 147 Å². The molecule has 3 aliphatic rings. The molecule has 5 unspecified atom stereocenters. The molecule has 3 aliphatic carbocycles. The van der Waals surface area contributed by atoms with E-state index in [0.717, 1.165) is 77.0 Å². The summed E-state index contributed by atoms with van der Waals surface area (Å²) in [4.78, 5) is 32.5. The lowest BCUT2D eigenvalue weighted by molar-refractivity contribution is -0.138. The largest absolute Gasteiger partial charge is 0.390 e. The average molecular weight is 748 g/mol. The minimum Gasteiger partial charge on any atom is -0.390 e. The first-order chi connectivity index (χ1) is 23.7. The number of nitrogens with one attached hydrogen (secondary N) is 2. The Morgan fingerprint density at radius 3 is 1.84 bits per heavy atom. The highest BCUT2D eigenvalue weighted by Crippen LogP contribution is 2.36. The van der Waals surface area contributed by atoms with Crippen LogP contribution in [0.15, 0.2) is 0 Å². The highest BCUT2D eigenvalue weighted by atomic mass is 32.2. The normalized spacial score (nSPS) is 24.3. The molecule has 3 saturated carbocycles. The summed E-state index contributed by atoms with van der Waals surface area (Å²) in [5.74, 6) is -1.25. The predicted molar refractivity (Wildman–Crippen MR) is 199 cm³/mol. The van der Waals surface area contributed by atoms with Crippen LogP contribution in [0.3, 0.4) is 0 Å². The fourth-order valence-electron chi connectivity index (χ4n) is 8.44. The van der Waals surface area contributed by atoms with Crippen molar-refractivity contribution in [3.05, 3.63) is 0 Å². The minimum absolute atomic E-state index is 0.0157. The summed E-state index contributed by atoms with van der Waals surface area (Å²) in [7, 11) is -4.39. The third-order valence-electron chi connectivity index (χ3n) is 11.1. The van der Waals surface area contributed by atoms with Crippen LogP contribution in [0.5, 0.6) is 0 Å². The monoisotopic (exact) mass is 747 g/mol. The van der Waals surface area contributed by atoms with Crippen molar-refractivity contribution in [2.75, 3.05) is 46.0 Å². The van der Waals surface area contributed by atoms with Gasteiger partial charge in [0.25, 0.3) is 0 Å². The molecule has 0 aromatic heterocycles. The van der Waals surface area contributed by atoms with Gasteiger partial charge in [-0.15, -0.1) is 4.83 Å². The molecule has 2 amide bonds. The number of amides is 2. The molecule has 5 atom stereocenters. The van der Waals surface area contributed by atoms with E-state index < -0.39 is 49.3 Å². The van der Waals surface area contributed by atoms with Gasteiger partial charge < -0.3 is 15.3 Å². The highest BCUT2D eigenvalue weighted by molar-refractivity contribution is 7.89. The van der Waals surface area contributed by atoms with Crippen LogP contribution >= 0.6 is 0 Å². The molecular weight excluding hydrogens is 679 g/mol. The van der Waals surface area contributed by atoms with E-state index in [0.29, 0.717) is 38.4 Å². The number of nitrogens with zero attached hydrogens (tertiary/aromatic N) is 3. The molecule has 14 heteroatoms. The van der Waals surface area contributed by atoms with E-state index in [-0.39, 0.29) is 49.3 Å². The first-order valence-corrected chi connectivity index (χ1v) is 22.8. The maximum absolute atomic E-state index is 14.2. The summed E-state index contributed by atoms with van der Waals surface area (Å²) in [6.07, 6.45) is 12.7. The Balaban J connectivity index is 1.82. The molecule has 3 fully saturated rings. The van der Waals surface area contributed by atoms with Gasteiger partial charge in [-0.2, -0.15) is 0 Å². The van der Waals surface area contributed by atoms with E-state index in [2.05, 4.69) is 10.1 Å². The number of hydrogen-bond donors (Lipinski definition) is 3. The molecule has 0 saturated heterocycles. The molecule has 0 spiro atoms. The van der Waals surface area contributed by atoms with Crippen molar-refractivity contribution in [3.63, 3.8) is 0 Å². The van der Waals surface area contributed by atoms with E-state index in [1.54, 1.807) is 9.91 Å². The zero-order chi connectivity index (χ0) is 36.9. The molecule has 3 N–H and O–H groups in total. The van der Waals surface area contributed by atoms with Crippen LogP contribution in [-0.4, -0.2) is 111 Å². The van der Waals surface area contributed by atoms with Crippen molar-refractivity contribution in [3.8, 4) is 0 Å². The lowest BCUT2D eigenvalue weighted by Crippen LogP contribution is -2.55. The lowest BCUT2D eigenvalue weighted by Gasteiger charge is -2.38. The Kier molecular flexibility index (Phi) is 17.9. The Bertz CT molecular complexity index is 1250. The van der Waals surface area contributed by atoms with Crippen molar-refractivity contribution >= 4 is 31.9 Å². The zero-order valence-electron chi connectivity index (χ0n) is 31.7. The SMILES string of the molecule is CCCN(CC(O)C(CC1CCCCC1)NC(=O)C1CC(C(=O)N(CCC)CCC)CC(S(=O)(=O)N(C)C)C1)NS(=O)(=O)CC1CCCCC1. The highest BCUT2D eigenvalue weighted by Gasteiger charge is 2.44. The van der Waals surface area contributed by atoms with E-state index in [4.69, 9.17) is 0 Å². The quantitative estimate of drug-likeness (QED) is 0.156. The number of sulfonamides is 2. The number of aliphatic hydroxyl groups is 1. The summed E-state index contributed by atoms with van der Waals surface area (Å²) in [6.45, 7) is 7.56. The van der Waals surface area contributed by atoms with Gasteiger partial charge in [0.05, 0.1) is 23.1 Å². The van der Waals surface area contributed by atoms with Crippen LogP contribution in [0.25, 0.3) is 0 Å². The molecular formula is C36H69N5O7S2. The van der Waals surface area contributed by atoms with Gasteiger partial charge in [-0.1, -0.05) is 72.1 Å². The summed E-state index contributed by atoms with van der Waals surface area (Å²) in [6, 6.07) is -0.649. The van der Waals surface area contributed by atoms with Crippen molar-refractivity contribution < 1.29 is 31.5 Å². The maximum Gasteiger partial charge on any atom is 0.225 e. The third kappa shape index (κ3) is 13.3. The molecule has 0 bridgehead atoms. The van der Waals surface area contributed by atoms with Crippen LogP contribution in [0.2, 0.25) is 0 Å². The zero-order valence-corrected chi connectivity index (χ0v) is 33.3. The lowest BCUT2D eigenvalue weighted by atomic mass is 9.79. The number of hydrogen-bond acceptors (Lipinski definition) is 8. The van der Waals surface area contributed by atoms with E-state index in [9.17, 15) is 31.5 Å². The second-order valence-electron chi connectivity index (χ2n) is 15.6. The smallest absolute Gasteiger partial charge is 0.225 e. The van der Waals surface area contributed by atoms with Gasteiger partial charge in [0.15, 0.2) is 0 Å². The first-order valence-electron chi connectivity index (χ1n) is 19.6. The number of hydrazine groups is 1. The average Bonchev–Trinajstić information content (AvgIpc) is 3.07. The first kappa shape index (κ1) is 43.1. The molecule has 12 nitrogen and oxygen atoms in total. The van der Waals surface area contributed by atoms with Crippen molar-refractivity contribution in [1.82, 2.24) is 24.4 Å². The molecule has 0 radical (unpaired) electrons. The fraction of sp³-hybridized carbons (Fsp3) is 0.944. The van der Waals surface area contributed by atoms with E-state index in [1.807, 2.05) is 20.8 Å². The third-order valence-corrected chi connectivity index (χ3v) is 14.8. The molecule has 0 aromatic carbocycles. The van der Waals surface area contributed by atoms with E-state index in [1.165, 1.54) is 18.4 Å². The minimum atomic E-state index is -3.74. The molecule has 50 heavy (non-hydrogen) atoms. The molecule has 3 rings (SSSR count). The molecule has 0 aromatic rings. The Labute approximate surface area is 303 Å². The summed E-state index contributed by atoms with van der Waals surface area (Å²) < 4.78 is 54.5. The van der Waals surface area contributed by atoms with Crippen molar-refractivity contribution in [2.24, 2.45) is 23.7 Å². The van der Waals surface area contributed by atoms with Gasteiger partial charge >= 0.3 is 0 Å². The maximum atomic E-state index is 14.2. The molecule has 0 heterocycles. The van der Waals surface area contributed by atoms with Gasteiger partial charge in [0, 0.05) is 52.1 Å². The van der Waals surface area contributed by atoms with Crippen LogP contribution in [-0.2, 0) is 29.6 Å². The van der Waals surface area contributed by atoms with Crippen LogP contribution in [0.1, 0.15) is 130 Å². The topological polar surface area (TPSA) is 156 Å². The van der Waals surface area contributed by atoms with Crippen molar-refractivity contribution in [1.29, 1.82) is 0 Å². The summed E-state index contributed by atoms with van der Waals surface area (Å²) in [5.41, 5.74) is 0. The van der Waals surface area contributed by atoms with Gasteiger partial charge in [-0.25, -0.2) is 26.1 Å². The van der Waals surface area contributed by atoms with Crippen LogP contribution in [0.4, 0.5) is 0 Å². The Morgan fingerprint density at radius 2 is 1.30 bits per heavy atom. The second-order valence-corrected chi connectivity index (χ2v) is 19.8. The second kappa shape index (κ2) is 20.8. The van der Waals surface area contributed by atoms with Gasteiger partial charge in [0.2, 0.25) is 31.9 Å². The van der Waals surface area contributed by atoms with Gasteiger partial charge in [-0.05, 0) is 69.6 Å². The Hall–Kier alpha value is -1.32. The fourth-order valence-corrected chi connectivity index (χ4v) is 11.6. The van der Waals surface area contributed by atoms with Crippen LogP contribution < -0.4 is 10.1 Å². The predicted octanol–water partition coefficient (Wildman–Crippen LogP) is 4.25. The Morgan fingerprint density at radius 1 is 0.760 bits per heavy atom. The van der Waals surface area contributed by atoms with Crippen LogP contribution in [0, 0.1) is 23.7 Å². The molecule has 0 aliphatic heterocycles. The number of carbonyl (C=O) groups is 2. The van der Waals surface area contributed by atoms with Gasteiger partial charge in [0.1, 0.15) is 0 Å². The van der Waals surface area contributed by atoms with E-state index >= 15 is 0 Å². The number of aliphatic hydroxyl groups excluding tert-OH is 1.